The standard InChI is InChI=1S/C22H23N5O/c1-3-8-27-9-7-17-18(11-23)21(26)22(13-24,14-25)20(19(17)12-27)15-5-4-6-16(10-15)28-2/h4-7,10,18-20,26H,3,8-9,12H2,1-2H3/p+1/t18?,19-,20+/m0/s1. The van der Waals surface area contributed by atoms with Gasteiger partial charge in [-0.25, -0.2) is 0 Å². The van der Waals surface area contributed by atoms with Crippen LogP contribution in [0.5, 0.6) is 5.75 Å². The molecule has 0 amide bonds. The molecule has 0 radical (unpaired) electrons. The second-order valence-electron chi connectivity index (χ2n) is 7.48. The highest BCUT2D eigenvalue weighted by Crippen LogP contribution is 2.52. The molecule has 2 N–H and O–H groups in total. The molecule has 0 aromatic heterocycles. The molecule has 1 aliphatic carbocycles. The van der Waals surface area contributed by atoms with Crippen LogP contribution < -0.4 is 9.64 Å². The molecule has 1 heterocycles. The molecule has 1 aromatic rings. The summed E-state index contributed by atoms with van der Waals surface area (Å²) in [4.78, 5) is 1.37. The lowest BCUT2D eigenvalue weighted by Gasteiger charge is -2.46. The van der Waals surface area contributed by atoms with Crippen molar-refractivity contribution in [2.45, 2.75) is 19.3 Å². The zero-order valence-corrected chi connectivity index (χ0v) is 16.2. The van der Waals surface area contributed by atoms with Crippen LogP contribution in [0.15, 0.2) is 35.9 Å². The molecule has 0 bridgehead atoms. The third-order valence-electron chi connectivity index (χ3n) is 6.02. The SMILES string of the molecule is CCC[NH+]1CC=C2C(C#N)C(=N)C(C#N)(C#N)[C@H](c3cccc(OC)c3)[C@H]2C1. The van der Waals surface area contributed by atoms with E-state index >= 15 is 0 Å². The van der Waals surface area contributed by atoms with Crippen LogP contribution in [0.4, 0.5) is 0 Å². The van der Waals surface area contributed by atoms with Gasteiger partial charge in [0.15, 0.2) is 5.41 Å². The number of hydrogen-bond donors (Lipinski definition) is 2. The number of benzene rings is 1. The minimum absolute atomic E-state index is 0.103. The Morgan fingerprint density at radius 1 is 1.29 bits per heavy atom. The molecule has 1 aromatic carbocycles. The molecule has 2 unspecified atom stereocenters. The predicted octanol–water partition coefficient (Wildman–Crippen LogP) is 1.84. The van der Waals surface area contributed by atoms with E-state index in [1.165, 1.54) is 4.90 Å². The molecule has 0 spiro atoms. The van der Waals surface area contributed by atoms with E-state index in [4.69, 9.17) is 10.1 Å². The van der Waals surface area contributed by atoms with Crippen LogP contribution in [0.25, 0.3) is 0 Å². The van der Waals surface area contributed by atoms with Gasteiger partial charge in [0.25, 0.3) is 0 Å². The van der Waals surface area contributed by atoms with E-state index < -0.39 is 17.3 Å². The third-order valence-corrected chi connectivity index (χ3v) is 6.02. The van der Waals surface area contributed by atoms with E-state index in [0.29, 0.717) is 5.75 Å². The first-order chi connectivity index (χ1) is 13.6. The lowest BCUT2D eigenvalue weighted by atomic mass is 9.54. The summed E-state index contributed by atoms with van der Waals surface area (Å²) >= 11 is 0. The monoisotopic (exact) mass is 374 g/mol. The Hall–Kier alpha value is -3.14. The smallest absolute Gasteiger partial charge is 0.189 e. The van der Waals surface area contributed by atoms with Gasteiger partial charge in [-0.3, -0.25) is 0 Å². The number of rotatable bonds is 4. The molecule has 142 valence electrons. The van der Waals surface area contributed by atoms with E-state index in [9.17, 15) is 15.8 Å². The normalized spacial score (nSPS) is 28.1. The Morgan fingerprint density at radius 3 is 2.64 bits per heavy atom. The minimum Gasteiger partial charge on any atom is -0.497 e. The van der Waals surface area contributed by atoms with Crippen LogP contribution in [-0.2, 0) is 0 Å². The minimum atomic E-state index is -1.66. The molecular formula is C22H24N5O+. The summed E-state index contributed by atoms with van der Waals surface area (Å²) in [6, 6.07) is 13.9. The van der Waals surface area contributed by atoms with Gasteiger partial charge in [0.2, 0.25) is 0 Å². The fourth-order valence-corrected chi connectivity index (χ4v) is 4.73. The number of hydrogen-bond acceptors (Lipinski definition) is 5. The van der Waals surface area contributed by atoms with Gasteiger partial charge < -0.3 is 15.0 Å². The van der Waals surface area contributed by atoms with Crippen LogP contribution >= 0.6 is 0 Å². The Bertz CT molecular complexity index is 915. The van der Waals surface area contributed by atoms with E-state index in [2.05, 4.69) is 31.2 Å². The number of nitrogens with one attached hydrogen (secondary N) is 2. The van der Waals surface area contributed by atoms with Gasteiger partial charge in [-0.15, -0.1) is 0 Å². The van der Waals surface area contributed by atoms with Crippen LogP contribution in [0, 0.1) is 56.7 Å². The van der Waals surface area contributed by atoms with Crippen LogP contribution in [-0.4, -0.2) is 32.5 Å². The van der Waals surface area contributed by atoms with Crippen LogP contribution in [0.1, 0.15) is 24.8 Å². The van der Waals surface area contributed by atoms with Crippen molar-refractivity contribution >= 4 is 5.71 Å². The molecule has 1 fully saturated rings. The Kier molecular flexibility index (Phi) is 5.50. The van der Waals surface area contributed by atoms with E-state index in [1.54, 1.807) is 7.11 Å². The topological polar surface area (TPSA) is 109 Å². The molecule has 1 saturated carbocycles. The third kappa shape index (κ3) is 2.95. The van der Waals surface area contributed by atoms with Crippen molar-refractivity contribution in [3.8, 4) is 24.0 Å². The first kappa shape index (κ1) is 19.6. The Balaban J connectivity index is 2.22. The van der Waals surface area contributed by atoms with Gasteiger partial charge >= 0.3 is 0 Å². The molecule has 0 saturated heterocycles. The summed E-state index contributed by atoms with van der Waals surface area (Å²) in [6.45, 7) is 4.68. The summed E-state index contributed by atoms with van der Waals surface area (Å²) in [5.74, 6) is -0.807. The van der Waals surface area contributed by atoms with Crippen molar-refractivity contribution in [1.29, 1.82) is 21.2 Å². The number of quaternary nitrogens is 1. The lowest BCUT2D eigenvalue weighted by Crippen LogP contribution is -3.13. The fraction of sp³-hybridized carbons (Fsp3) is 0.455. The second-order valence-corrected chi connectivity index (χ2v) is 7.48. The number of nitrogens with zero attached hydrogens (tertiary/aromatic N) is 3. The van der Waals surface area contributed by atoms with Gasteiger partial charge in [-0.2, -0.15) is 15.8 Å². The highest BCUT2D eigenvalue weighted by Gasteiger charge is 2.58. The summed E-state index contributed by atoms with van der Waals surface area (Å²) < 4.78 is 5.35. The lowest BCUT2D eigenvalue weighted by molar-refractivity contribution is -0.899. The number of fused-ring (bicyclic) bond motifs is 1. The maximum absolute atomic E-state index is 10.1. The zero-order valence-electron chi connectivity index (χ0n) is 16.2. The maximum atomic E-state index is 10.1. The first-order valence-corrected chi connectivity index (χ1v) is 9.54. The van der Waals surface area contributed by atoms with Crippen molar-refractivity contribution < 1.29 is 9.64 Å². The first-order valence-electron chi connectivity index (χ1n) is 9.54. The summed E-state index contributed by atoms with van der Waals surface area (Å²) in [6.07, 6.45) is 3.10. The average molecular weight is 374 g/mol. The summed E-state index contributed by atoms with van der Waals surface area (Å²) in [5, 5.41) is 38.5. The van der Waals surface area contributed by atoms with Gasteiger partial charge in [-0.05, 0) is 35.8 Å². The highest BCUT2D eigenvalue weighted by molar-refractivity contribution is 6.00. The maximum Gasteiger partial charge on any atom is 0.189 e. The van der Waals surface area contributed by atoms with E-state index in [0.717, 1.165) is 37.2 Å². The largest absolute Gasteiger partial charge is 0.497 e. The molecule has 6 nitrogen and oxygen atoms in total. The molecule has 2 aliphatic rings. The molecular weight excluding hydrogens is 350 g/mol. The van der Waals surface area contributed by atoms with Crippen LogP contribution in [0.2, 0.25) is 0 Å². The van der Waals surface area contributed by atoms with Crippen molar-refractivity contribution in [3.05, 3.63) is 41.5 Å². The van der Waals surface area contributed by atoms with E-state index in [1.807, 2.05) is 24.3 Å². The fourth-order valence-electron chi connectivity index (χ4n) is 4.73. The van der Waals surface area contributed by atoms with Crippen molar-refractivity contribution in [3.63, 3.8) is 0 Å². The van der Waals surface area contributed by atoms with Gasteiger partial charge in [-0.1, -0.05) is 19.1 Å². The van der Waals surface area contributed by atoms with Gasteiger partial charge in [0.1, 0.15) is 11.7 Å². The number of nitriles is 3. The molecule has 4 atom stereocenters. The second kappa shape index (κ2) is 7.85. The van der Waals surface area contributed by atoms with Gasteiger partial charge in [0.05, 0.1) is 50.7 Å². The zero-order chi connectivity index (χ0) is 20.3. The van der Waals surface area contributed by atoms with Crippen molar-refractivity contribution in [2.24, 2.45) is 17.3 Å². The number of ether oxygens (including phenoxy) is 1. The predicted molar refractivity (Wildman–Crippen MR) is 104 cm³/mol. The number of methoxy groups -OCH3 is 1. The van der Waals surface area contributed by atoms with Crippen molar-refractivity contribution in [2.75, 3.05) is 26.7 Å². The van der Waals surface area contributed by atoms with Crippen molar-refractivity contribution in [1.82, 2.24) is 0 Å². The summed E-state index contributed by atoms with van der Waals surface area (Å²) in [7, 11) is 1.58. The molecule has 6 heteroatoms. The Labute approximate surface area is 165 Å². The Morgan fingerprint density at radius 2 is 2.04 bits per heavy atom. The quantitative estimate of drug-likeness (QED) is 0.784. The van der Waals surface area contributed by atoms with Crippen LogP contribution in [0.3, 0.4) is 0 Å². The molecule has 1 aliphatic heterocycles. The average Bonchev–Trinajstić information content (AvgIpc) is 2.73. The highest BCUT2D eigenvalue weighted by atomic mass is 16.5. The molecule has 3 rings (SSSR count). The van der Waals surface area contributed by atoms with Gasteiger partial charge in [0, 0.05) is 11.8 Å². The van der Waals surface area contributed by atoms with E-state index in [-0.39, 0.29) is 11.6 Å². The summed E-state index contributed by atoms with van der Waals surface area (Å²) in [5.41, 5.74) is -0.0727. The molecule has 28 heavy (non-hydrogen) atoms.